The maximum absolute atomic E-state index is 11.8. The number of fused-ring (bicyclic) bond motifs is 5. The molecule has 5 unspecified atom stereocenters. The molecule has 0 aliphatic heterocycles. The van der Waals surface area contributed by atoms with Gasteiger partial charge >= 0.3 is 12.0 Å². The zero-order valence-electron chi connectivity index (χ0n) is 11.3. The Morgan fingerprint density at radius 2 is 1.89 bits per heavy atom. The maximum Gasteiger partial charge on any atom is 0.315 e. The molecule has 19 heavy (non-hydrogen) atoms. The van der Waals surface area contributed by atoms with E-state index in [2.05, 4.69) is 10.6 Å². The van der Waals surface area contributed by atoms with Crippen molar-refractivity contribution in [3.05, 3.63) is 0 Å². The summed E-state index contributed by atoms with van der Waals surface area (Å²) in [6, 6.07) is 0.168. The van der Waals surface area contributed by atoms with Crippen LogP contribution in [0.1, 0.15) is 39.0 Å². The number of hydrogen-bond donors (Lipinski definition) is 3. The third-order valence-corrected chi connectivity index (χ3v) is 5.20. The maximum atomic E-state index is 11.8. The molecule has 0 spiro atoms. The number of nitrogens with one attached hydrogen (secondary N) is 2. The van der Waals surface area contributed by atoms with Crippen molar-refractivity contribution in [2.24, 2.45) is 23.7 Å². The Hall–Kier alpha value is -1.26. The van der Waals surface area contributed by atoms with Gasteiger partial charge in [0.15, 0.2) is 0 Å². The Balaban J connectivity index is 1.40. The van der Waals surface area contributed by atoms with Crippen molar-refractivity contribution in [3.8, 4) is 0 Å². The summed E-state index contributed by atoms with van der Waals surface area (Å²) in [5, 5.41) is 14.5. The van der Waals surface area contributed by atoms with E-state index in [-0.39, 0.29) is 18.5 Å². The molecule has 0 aromatic carbocycles. The second-order valence-electron chi connectivity index (χ2n) is 6.46. The third-order valence-electron chi connectivity index (χ3n) is 5.20. The highest BCUT2D eigenvalue weighted by Crippen LogP contribution is 2.65. The molecule has 3 N–H and O–H groups in total. The number of carboxylic acid groups (broad SMARTS) is 1. The van der Waals surface area contributed by atoms with E-state index in [1.807, 2.05) is 6.92 Å². The van der Waals surface area contributed by atoms with E-state index < -0.39 is 5.97 Å². The summed E-state index contributed by atoms with van der Waals surface area (Å²) >= 11 is 0. The highest BCUT2D eigenvalue weighted by molar-refractivity contribution is 5.75. The van der Waals surface area contributed by atoms with Crippen LogP contribution in [0.25, 0.3) is 0 Å². The van der Waals surface area contributed by atoms with Gasteiger partial charge in [-0.15, -0.1) is 0 Å². The van der Waals surface area contributed by atoms with Crippen molar-refractivity contribution < 1.29 is 14.7 Å². The van der Waals surface area contributed by atoms with Crippen LogP contribution in [0.2, 0.25) is 0 Å². The van der Waals surface area contributed by atoms with Gasteiger partial charge in [0.25, 0.3) is 0 Å². The summed E-state index contributed by atoms with van der Waals surface area (Å²) < 4.78 is 0. The first-order chi connectivity index (χ1) is 9.06. The molecule has 5 heteroatoms. The predicted octanol–water partition coefficient (Wildman–Crippen LogP) is 1.58. The Bertz CT molecular complexity index is 382. The molecule has 0 heterocycles. The van der Waals surface area contributed by atoms with E-state index >= 15 is 0 Å². The standard InChI is InChI=1S/C14H22N2O3/c1-7(2-5-10(17)18)15-14(19)16-13-11-8-3-4-9(6-8)12(11)13/h7-9,11-13H,2-6H2,1H3,(H,17,18)(H2,15,16,19). The van der Waals surface area contributed by atoms with E-state index in [1.54, 1.807) is 0 Å². The van der Waals surface area contributed by atoms with Crippen LogP contribution in [0.4, 0.5) is 4.79 Å². The minimum Gasteiger partial charge on any atom is -0.481 e. The quantitative estimate of drug-likeness (QED) is 0.707. The van der Waals surface area contributed by atoms with Gasteiger partial charge in [0.05, 0.1) is 0 Å². The molecule has 106 valence electrons. The molecule has 3 aliphatic rings. The van der Waals surface area contributed by atoms with E-state index in [4.69, 9.17) is 5.11 Å². The lowest BCUT2D eigenvalue weighted by Crippen LogP contribution is -2.43. The largest absolute Gasteiger partial charge is 0.481 e. The first-order valence-corrected chi connectivity index (χ1v) is 7.35. The lowest BCUT2D eigenvalue weighted by molar-refractivity contribution is -0.137. The molecule has 0 saturated heterocycles. The van der Waals surface area contributed by atoms with Gasteiger partial charge in [-0.1, -0.05) is 0 Å². The molecular formula is C14H22N2O3. The number of urea groups is 1. The lowest BCUT2D eigenvalue weighted by atomic mass is 10.0. The van der Waals surface area contributed by atoms with Gasteiger partial charge in [-0.05, 0) is 56.3 Å². The monoisotopic (exact) mass is 266 g/mol. The Morgan fingerprint density at radius 1 is 1.26 bits per heavy atom. The molecule has 0 radical (unpaired) electrons. The molecular weight excluding hydrogens is 244 g/mol. The average molecular weight is 266 g/mol. The Kier molecular flexibility index (Phi) is 3.15. The topological polar surface area (TPSA) is 78.4 Å². The molecule has 5 nitrogen and oxygen atoms in total. The fourth-order valence-electron chi connectivity index (χ4n) is 4.35. The first kappa shape index (κ1) is 12.8. The van der Waals surface area contributed by atoms with E-state index in [0.717, 1.165) is 23.7 Å². The van der Waals surface area contributed by atoms with Gasteiger partial charge in [-0.3, -0.25) is 4.79 Å². The average Bonchev–Trinajstić information content (AvgIpc) is 2.74. The van der Waals surface area contributed by atoms with Crippen LogP contribution in [0, 0.1) is 23.7 Å². The van der Waals surface area contributed by atoms with Crippen LogP contribution < -0.4 is 10.6 Å². The van der Waals surface area contributed by atoms with Crippen LogP contribution in [0.3, 0.4) is 0 Å². The highest BCUT2D eigenvalue weighted by atomic mass is 16.4. The predicted molar refractivity (Wildman–Crippen MR) is 69.6 cm³/mol. The molecule has 2 amide bonds. The van der Waals surface area contributed by atoms with Crippen molar-refractivity contribution >= 4 is 12.0 Å². The molecule has 2 bridgehead atoms. The zero-order chi connectivity index (χ0) is 13.6. The number of hydrogen-bond acceptors (Lipinski definition) is 2. The van der Waals surface area contributed by atoms with Gasteiger partial charge in [-0.2, -0.15) is 0 Å². The third kappa shape index (κ3) is 2.42. The number of rotatable bonds is 5. The van der Waals surface area contributed by atoms with E-state index in [1.165, 1.54) is 19.3 Å². The van der Waals surface area contributed by atoms with Crippen LogP contribution in [-0.4, -0.2) is 29.2 Å². The number of carboxylic acids is 1. The minimum atomic E-state index is -0.817. The SMILES string of the molecule is CC(CCC(=O)O)NC(=O)NC1C2C3CCC(C3)C12. The molecule has 0 aromatic heterocycles. The van der Waals surface area contributed by atoms with Gasteiger partial charge in [0.1, 0.15) is 0 Å². The molecule has 3 rings (SSSR count). The van der Waals surface area contributed by atoms with Gasteiger partial charge in [-0.25, -0.2) is 4.79 Å². The van der Waals surface area contributed by atoms with Gasteiger partial charge in [0, 0.05) is 18.5 Å². The van der Waals surface area contributed by atoms with Crippen LogP contribution >= 0.6 is 0 Å². The second-order valence-corrected chi connectivity index (χ2v) is 6.46. The first-order valence-electron chi connectivity index (χ1n) is 7.35. The smallest absolute Gasteiger partial charge is 0.315 e. The minimum absolute atomic E-state index is 0.0913. The number of amides is 2. The van der Waals surface area contributed by atoms with E-state index in [0.29, 0.717) is 12.5 Å². The van der Waals surface area contributed by atoms with Crippen molar-refractivity contribution in [1.29, 1.82) is 0 Å². The summed E-state index contributed by atoms with van der Waals surface area (Å²) in [5.74, 6) is 2.36. The summed E-state index contributed by atoms with van der Waals surface area (Å²) in [5.41, 5.74) is 0. The van der Waals surface area contributed by atoms with Crippen molar-refractivity contribution in [2.45, 2.75) is 51.1 Å². The summed E-state index contributed by atoms with van der Waals surface area (Å²) in [7, 11) is 0. The highest BCUT2D eigenvalue weighted by Gasteiger charge is 2.65. The van der Waals surface area contributed by atoms with E-state index in [9.17, 15) is 9.59 Å². The fourth-order valence-corrected chi connectivity index (χ4v) is 4.35. The Morgan fingerprint density at radius 3 is 2.47 bits per heavy atom. The zero-order valence-corrected chi connectivity index (χ0v) is 11.3. The summed E-state index contributed by atoms with van der Waals surface area (Å²) in [6.45, 7) is 1.85. The number of carbonyl (C=O) groups excluding carboxylic acids is 1. The molecule has 3 saturated carbocycles. The Labute approximate surface area is 113 Å². The van der Waals surface area contributed by atoms with Crippen molar-refractivity contribution in [2.75, 3.05) is 0 Å². The lowest BCUT2D eigenvalue weighted by Gasteiger charge is -2.15. The van der Waals surface area contributed by atoms with Crippen molar-refractivity contribution in [1.82, 2.24) is 10.6 Å². The van der Waals surface area contributed by atoms with Gasteiger partial charge < -0.3 is 15.7 Å². The number of carbonyl (C=O) groups is 2. The van der Waals surface area contributed by atoms with Crippen LogP contribution in [0.15, 0.2) is 0 Å². The normalized spacial score (nSPS) is 39.5. The summed E-state index contributed by atoms with van der Waals surface area (Å²) in [6.07, 6.45) is 4.65. The van der Waals surface area contributed by atoms with Crippen molar-refractivity contribution in [3.63, 3.8) is 0 Å². The number of aliphatic carboxylic acids is 1. The molecule has 0 aromatic rings. The molecule has 5 atom stereocenters. The fraction of sp³-hybridized carbons (Fsp3) is 0.857. The second kappa shape index (κ2) is 4.69. The van der Waals surface area contributed by atoms with Crippen LogP contribution in [-0.2, 0) is 4.79 Å². The summed E-state index contributed by atoms with van der Waals surface area (Å²) in [4.78, 5) is 22.3. The molecule has 3 fully saturated rings. The molecule has 3 aliphatic carbocycles. The van der Waals surface area contributed by atoms with Crippen LogP contribution in [0.5, 0.6) is 0 Å². The van der Waals surface area contributed by atoms with Gasteiger partial charge in [0.2, 0.25) is 0 Å².